The molecule has 1 aromatic heterocycles. The van der Waals surface area contributed by atoms with E-state index in [2.05, 4.69) is 20.6 Å². The van der Waals surface area contributed by atoms with E-state index in [9.17, 15) is 4.79 Å². The van der Waals surface area contributed by atoms with Crippen molar-refractivity contribution in [3.8, 4) is 11.5 Å². The van der Waals surface area contributed by atoms with E-state index in [0.717, 1.165) is 24.3 Å². The molecule has 1 aliphatic carbocycles. The molecule has 1 aromatic carbocycles. The van der Waals surface area contributed by atoms with Gasteiger partial charge in [0, 0.05) is 17.8 Å². The van der Waals surface area contributed by atoms with Gasteiger partial charge in [-0.1, -0.05) is 0 Å². The lowest BCUT2D eigenvalue weighted by Crippen LogP contribution is -2.26. The standard InChI is InChI=1S/C16H16N4O3/c21-16(20-10-1-2-10)12-8-18-15(9-17-12)19-11-3-4-13-14(7-11)23-6-5-22-13/h3-4,7-10H,1-2,5-6H2,(H,18,19)(H,20,21). The van der Waals surface area contributed by atoms with Gasteiger partial charge in [0.2, 0.25) is 0 Å². The van der Waals surface area contributed by atoms with Crippen LogP contribution in [-0.4, -0.2) is 35.1 Å². The number of nitrogens with zero attached hydrogens (tertiary/aromatic N) is 2. The third-order valence-electron chi connectivity index (χ3n) is 3.61. The SMILES string of the molecule is O=C(NC1CC1)c1cnc(Nc2ccc3c(c2)OCCO3)cn1. The van der Waals surface area contributed by atoms with Crippen LogP contribution in [0.25, 0.3) is 0 Å². The van der Waals surface area contributed by atoms with Crippen LogP contribution in [0.15, 0.2) is 30.6 Å². The second kappa shape index (κ2) is 5.75. The summed E-state index contributed by atoms with van der Waals surface area (Å²) in [5.74, 6) is 1.82. The second-order valence-electron chi connectivity index (χ2n) is 5.52. The molecule has 118 valence electrons. The van der Waals surface area contributed by atoms with E-state index in [1.54, 1.807) is 6.20 Å². The van der Waals surface area contributed by atoms with Crippen molar-refractivity contribution in [1.29, 1.82) is 0 Å². The van der Waals surface area contributed by atoms with Crippen molar-refractivity contribution in [3.05, 3.63) is 36.3 Å². The Morgan fingerprint density at radius 2 is 1.91 bits per heavy atom. The number of fused-ring (bicyclic) bond motifs is 1. The minimum absolute atomic E-state index is 0.175. The van der Waals surface area contributed by atoms with Crippen molar-refractivity contribution in [2.24, 2.45) is 0 Å². The topological polar surface area (TPSA) is 85.4 Å². The maximum atomic E-state index is 11.9. The molecule has 0 radical (unpaired) electrons. The summed E-state index contributed by atoms with van der Waals surface area (Å²) in [6.45, 7) is 1.11. The molecule has 0 spiro atoms. The number of amides is 1. The number of hydrogen-bond acceptors (Lipinski definition) is 6. The van der Waals surface area contributed by atoms with Gasteiger partial charge < -0.3 is 20.1 Å². The summed E-state index contributed by atoms with van der Waals surface area (Å²) in [5.41, 5.74) is 1.14. The van der Waals surface area contributed by atoms with Gasteiger partial charge in [0.1, 0.15) is 24.7 Å². The number of hydrogen-bond donors (Lipinski definition) is 2. The fourth-order valence-electron chi connectivity index (χ4n) is 2.27. The van der Waals surface area contributed by atoms with Gasteiger partial charge in [0.05, 0.1) is 12.4 Å². The lowest BCUT2D eigenvalue weighted by Gasteiger charge is -2.19. The third-order valence-corrected chi connectivity index (χ3v) is 3.61. The van der Waals surface area contributed by atoms with Crippen LogP contribution >= 0.6 is 0 Å². The minimum Gasteiger partial charge on any atom is -0.486 e. The van der Waals surface area contributed by atoms with Crippen LogP contribution in [0.1, 0.15) is 23.3 Å². The monoisotopic (exact) mass is 312 g/mol. The predicted octanol–water partition coefficient (Wildman–Crippen LogP) is 1.88. The highest BCUT2D eigenvalue weighted by Gasteiger charge is 2.24. The largest absolute Gasteiger partial charge is 0.486 e. The molecule has 1 amide bonds. The summed E-state index contributed by atoms with van der Waals surface area (Å²) < 4.78 is 11.0. The lowest BCUT2D eigenvalue weighted by atomic mass is 10.2. The van der Waals surface area contributed by atoms with E-state index in [0.29, 0.717) is 36.5 Å². The molecule has 7 heteroatoms. The quantitative estimate of drug-likeness (QED) is 0.896. The Balaban J connectivity index is 1.45. The average molecular weight is 312 g/mol. The van der Waals surface area contributed by atoms with Crippen LogP contribution in [-0.2, 0) is 0 Å². The molecule has 0 unspecified atom stereocenters. The molecule has 4 rings (SSSR count). The zero-order valence-electron chi connectivity index (χ0n) is 12.4. The van der Waals surface area contributed by atoms with Gasteiger partial charge >= 0.3 is 0 Å². The van der Waals surface area contributed by atoms with Gasteiger partial charge in [-0.05, 0) is 25.0 Å². The van der Waals surface area contributed by atoms with E-state index in [1.807, 2.05) is 18.2 Å². The molecule has 0 atom stereocenters. The van der Waals surface area contributed by atoms with Crippen molar-refractivity contribution in [2.75, 3.05) is 18.5 Å². The highest BCUT2D eigenvalue weighted by molar-refractivity contribution is 5.92. The summed E-state index contributed by atoms with van der Waals surface area (Å²) in [7, 11) is 0. The molecule has 2 aliphatic rings. The molecule has 0 bridgehead atoms. The molecule has 2 N–H and O–H groups in total. The first kappa shape index (κ1) is 13.8. The lowest BCUT2D eigenvalue weighted by molar-refractivity contribution is 0.0945. The number of carbonyl (C=O) groups is 1. The number of aromatic nitrogens is 2. The first-order chi connectivity index (χ1) is 11.3. The number of benzene rings is 1. The zero-order valence-corrected chi connectivity index (χ0v) is 12.4. The van der Waals surface area contributed by atoms with E-state index < -0.39 is 0 Å². The molecule has 1 fully saturated rings. The Kier molecular flexibility index (Phi) is 3.45. The van der Waals surface area contributed by atoms with Crippen molar-refractivity contribution in [1.82, 2.24) is 15.3 Å². The van der Waals surface area contributed by atoms with Gasteiger partial charge in [-0.2, -0.15) is 0 Å². The van der Waals surface area contributed by atoms with Crippen LogP contribution < -0.4 is 20.1 Å². The molecular weight excluding hydrogens is 296 g/mol. The van der Waals surface area contributed by atoms with E-state index >= 15 is 0 Å². The number of rotatable bonds is 4. The third kappa shape index (κ3) is 3.18. The maximum absolute atomic E-state index is 11.9. The van der Waals surface area contributed by atoms with Crippen LogP contribution in [0.5, 0.6) is 11.5 Å². The van der Waals surface area contributed by atoms with Crippen LogP contribution in [0.4, 0.5) is 11.5 Å². The summed E-state index contributed by atoms with van der Waals surface area (Å²) in [6.07, 6.45) is 5.10. The Morgan fingerprint density at radius 3 is 2.65 bits per heavy atom. The van der Waals surface area contributed by atoms with Crippen molar-refractivity contribution < 1.29 is 14.3 Å². The first-order valence-corrected chi connectivity index (χ1v) is 7.57. The number of anilines is 2. The molecular formula is C16H16N4O3. The smallest absolute Gasteiger partial charge is 0.271 e. The highest BCUT2D eigenvalue weighted by Crippen LogP contribution is 2.33. The van der Waals surface area contributed by atoms with Gasteiger partial charge in [0.25, 0.3) is 5.91 Å². The van der Waals surface area contributed by atoms with Crippen LogP contribution in [0.2, 0.25) is 0 Å². The summed E-state index contributed by atoms with van der Waals surface area (Å²) >= 11 is 0. The van der Waals surface area contributed by atoms with Crippen molar-refractivity contribution in [3.63, 3.8) is 0 Å². The molecule has 23 heavy (non-hydrogen) atoms. The Labute approximate surface area is 133 Å². The zero-order chi connectivity index (χ0) is 15.6. The summed E-state index contributed by atoms with van der Waals surface area (Å²) in [6, 6.07) is 5.88. The fourth-order valence-corrected chi connectivity index (χ4v) is 2.27. The molecule has 0 saturated heterocycles. The first-order valence-electron chi connectivity index (χ1n) is 7.57. The van der Waals surface area contributed by atoms with Crippen LogP contribution in [0.3, 0.4) is 0 Å². The summed E-state index contributed by atoms with van der Waals surface area (Å²) in [5, 5.41) is 6.01. The minimum atomic E-state index is -0.175. The van der Waals surface area contributed by atoms with Gasteiger partial charge in [-0.25, -0.2) is 9.97 Å². The Morgan fingerprint density at radius 1 is 1.09 bits per heavy atom. The molecule has 1 aliphatic heterocycles. The van der Waals surface area contributed by atoms with Gasteiger partial charge in [0.15, 0.2) is 11.5 Å². The second-order valence-corrected chi connectivity index (χ2v) is 5.52. The molecule has 7 nitrogen and oxygen atoms in total. The van der Waals surface area contributed by atoms with E-state index in [-0.39, 0.29) is 5.91 Å². The average Bonchev–Trinajstić information content (AvgIpc) is 3.39. The van der Waals surface area contributed by atoms with Gasteiger partial charge in [-0.15, -0.1) is 0 Å². The molecule has 1 saturated carbocycles. The van der Waals surface area contributed by atoms with Crippen molar-refractivity contribution >= 4 is 17.4 Å². The fraction of sp³-hybridized carbons (Fsp3) is 0.312. The highest BCUT2D eigenvalue weighted by atomic mass is 16.6. The Hall–Kier alpha value is -2.83. The molecule has 2 aromatic rings. The Bertz CT molecular complexity index is 729. The molecule has 2 heterocycles. The summed E-state index contributed by atoms with van der Waals surface area (Å²) in [4.78, 5) is 20.2. The normalized spacial score (nSPS) is 15.8. The van der Waals surface area contributed by atoms with E-state index in [1.165, 1.54) is 6.20 Å². The predicted molar refractivity (Wildman–Crippen MR) is 83.2 cm³/mol. The van der Waals surface area contributed by atoms with E-state index in [4.69, 9.17) is 9.47 Å². The number of nitrogens with one attached hydrogen (secondary N) is 2. The number of ether oxygens (including phenoxy) is 2. The van der Waals surface area contributed by atoms with Gasteiger partial charge in [-0.3, -0.25) is 4.79 Å². The van der Waals surface area contributed by atoms with Crippen LogP contribution in [0, 0.1) is 0 Å². The maximum Gasteiger partial charge on any atom is 0.271 e. The van der Waals surface area contributed by atoms with Crippen molar-refractivity contribution in [2.45, 2.75) is 18.9 Å². The number of carbonyl (C=O) groups excluding carboxylic acids is 1.